The quantitative estimate of drug-likeness (QED) is 0.597. The van der Waals surface area contributed by atoms with Crippen molar-refractivity contribution >= 4 is 29.1 Å². The number of nitrogens with one attached hydrogen (secondary N) is 3. The molecule has 0 bridgehead atoms. The van der Waals surface area contributed by atoms with Gasteiger partial charge in [0.25, 0.3) is 0 Å². The van der Waals surface area contributed by atoms with Gasteiger partial charge in [-0.05, 0) is 70.2 Å². The number of hydrogen-bond acceptors (Lipinski definition) is 6. The minimum Gasteiger partial charge on any atom is -0.376 e. The summed E-state index contributed by atoms with van der Waals surface area (Å²) < 4.78 is 5.82. The van der Waals surface area contributed by atoms with Crippen molar-refractivity contribution in [3.63, 3.8) is 0 Å². The van der Waals surface area contributed by atoms with Crippen LogP contribution in [0.15, 0.2) is 30.5 Å². The minimum atomic E-state index is -0.0705. The molecule has 2 saturated heterocycles. The summed E-state index contributed by atoms with van der Waals surface area (Å²) in [7, 11) is 0. The highest BCUT2D eigenvalue weighted by Gasteiger charge is 2.28. The lowest BCUT2D eigenvalue weighted by molar-refractivity contribution is -0.120. The first-order valence-electron chi connectivity index (χ1n) is 11.4. The maximum absolute atomic E-state index is 12.6. The average Bonchev–Trinajstić information content (AvgIpc) is 2.79. The molecule has 3 N–H and O–H groups in total. The Kier molecular flexibility index (Phi) is 7.28. The van der Waals surface area contributed by atoms with E-state index in [0.717, 1.165) is 62.5 Å². The third-order valence-electron chi connectivity index (χ3n) is 6.17. The van der Waals surface area contributed by atoms with E-state index in [4.69, 9.17) is 21.3 Å². The fourth-order valence-electron chi connectivity index (χ4n) is 4.47. The van der Waals surface area contributed by atoms with E-state index >= 15 is 0 Å². The van der Waals surface area contributed by atoms with Crippen molar-refractivity contribution in [1.82, 2.24) is 15.3 Å². The normalized spacial score (nSPS) is 22.8. The molecular weight excluding hydrogens is 426 g/mol. The number of piperidine rings is 1. The van der Waals surface area contributed by atoms with Crippen LogP contribution in [0, 0.1) is 11.8 Å². The lowest BCUT2D eigenvalue weighted by atomic mass is 9.88. The number of anilines is 2. The fourth-order valence-corrected chi connectivity index (χ4v) is 4.67. The molecule has 0 saturated carbocycles. The van der Waals surface area contributed by atoms with Gasteiger partial charge in [0, 0.05) is 31.5 Å². The Labute approximate surface area is 194 Å². The number of ether oxygens (including phenoxy) is 1. The van der Waals surface area contributed by atoms with Gasteiger partial charge in [-0.2, -0.15) is 0 Å². The summed E-state index contributed by atoms with van der Waals surface area (Å²) in [4.78, 5) is 21.6. The number of nitrogens with zero attached hydrogens (tertiary/aromatic N) is 2. The number of hydrogen-bond donors (Lipinski definition) is 3. The Morgan fingerprint density at radius 2 is 2.19 bits per heavy atom. The topological polar surface area (TPSA) is 88.2 Å². The molecular formula is C24H32ClN5O2. The summed E-state index contributed by atoms with van der Waals surface area (Å²) in [5.74, 6) is 1.79. The maximum Gasteiger partial charge on any atom is 0.229 e. The number of halogens is 1. The van der Waals surface area contributed by atoms with E-state index in [9.17, 15) is 4.79 Å². The first-order valence-corrected chi connectivity index (χ1v) is 11.8. The van der Waals surface area contributed by atoms with Gasteiger partial charge in [-0.3, -0.25) is 4.79 Å². The van der Waals surface area contributed by atoms with Gasteiger partial charge < -0.3 is 20.7 Å². The standard InChI is InChI=1S/C24H32ClN5O2/c1-24(2)12-16(8-10-32-24)13-27-21-7-3-6-20(29-21)18-11-22(28-15-19(18)25)30-23(31)17-5-4-9-26-14-17/h3,6-7,11,15-17,26H,4-5,8-10,12-14H2,1-2H3,(H,27,29)(H,28,30,31)/t16-,17-/m0/s1. The van der Waals surface area contributed by atoms with Crippen LogP contribution in [-0.2, 0) is 9.53 Å². The molecule has 4 heterocycles. The SMILES string of the molecule is CC1(C)C[C@@H](CNc2cccc(-c3cc(NC(=O)[C@H]4CCCNC4)ncc3Cl)n2)CCO1. The third-order valence-corrected chi connectivity index (χ3v) is 6.47. The van der Waals surface area contributed by atoms with Crippen LogP contribution in [0.2, 0.25) is 5.02 Å². The monoisotopic (exact) mass is 457 g/mol. The zero-order valence-electron chi connectivity index (χ0n) is 18.8. The van der Waals surface area contributed by atoms with Crippen molar-refractivity contribution < 1.29 is 9.53 Å². The van der Waals surface area contributed by atoms with Gasteiger partial charge in [-0.15, -0.1) is 0 Å². The van der Waals surface area contributed by atoms with Crippen LogP contribution in [-0.4, -0.2) is 47.7 Å². The molecule has 4 rings (SSSR count). The highest BCUT2D eigenvalue weighted by Crippen LogP contribution is 2.30. The van der Waals surface area contributed by atoms with E-state index in [-0.39, 0.29) is 17.4 Å². The number of carbonyl (C=O) groups excluding carboxylic acids is 1. The number of carbonyl (C=O) groups is 1. The molecule has 172 valence electrons. The molecule has 0 unspecified atom stereocenters. The van der Waals surface area contributed by atoms with Crippen LogP contribution in [0.3, 0.4) is 0 Å². The summed E-state index contributed by atoms with van der Waals surface area (Å²) in [6, 6.07) is 7.63. The minimum absolute atomic E-state index is 0.0132. The Balaban J connectivity index is 1.43. The molecule has 2 aromatic rings. The van der Waals surface area contributed by atoms with E-state index < -0.39 is 0 Å². The molecule has 7 nitrogen and oxygen atoms in total. The first-order chi connectivity index (χ1) is 15.4. The molecule has 1 amide bonds. The van der Waals surface area contributed by atoms with Crippen molar-refractivity contribution in [2.75, 3.05) is 36.9 Å². The van der Waals surface area contributed by atoms with Crippen LogP contribution in [0.1, 0.15) is 39.5 Å². The van der Waals surface area contributed by atoms with Crippen molar-refractivity contribution in [3.05, 3.63) is 35.5 Å². The largest absolute Gasteiger partial charge is 0.376 e. The van der Waals surface area contributed by atoms with Crippen LogP contribution in [0.4, 0.5) is 11.6 Å². The van der Waals surface area contributed by atoms with Crippen molar-refractivity contribution in [2.45, 2.75) is 45.1 Å². The Hall–Kier alpha value is -2.22. The second-order valence-electron chi connectivity index (χ2n) is 9.34. The maximum atomic E-state index is 12.6. The number of amides is 1. The smallest absolute Gasteiger partial charge is 0.229 e. The van der Waals surface area contributed by atoms with Gasteiger partial charge in [0.2, 0.25) is 5.91 Å². The van der Waals surface area contributed by atoms with Gasteiger partial charge in [0.05, 0.1) is 22.2 Å². The Bertz CT molecular complexity index is 946. The van der Waals surface area contributed by atoms with E-state index in [2.05, 4.69) is 34.8 Å². The highest BCUT2D eigenvalue weighted by molar-refractivity contribution is 6.33. The van der Waals surface area contributed by atoms with Crippen LogP contribution >= 0.6 is 11.6 Å². The number of pyridine rings is 2. The lowest BCUT2D eigenvalue weighted by Gasteiger charge is -2.35. The van der Waals surface area contributed by atoms with Gasteiger partial charge in [0.15, 0.2) is 0 Å². The average molecular weight is 458 g/mol. The summed E-state index contributed by atoms with van der Waals surface area (Å²) in [6.07, 6.45) is 5.53. The summed E-state index contributed by atoms with van der Waals surface area (Å²) in [5.41, 5.74) is 1.41. The molecule has 2 aliphatic heterocycles. The molecule has 2 aliphatic rings. The molecule has 2 atom stereocenters. The Morgan fingerprint density at radius 3 is 2.97 bits per heavy atom. The lowest BCUT2D eigenvalue weighted by Crippen LogP contribution is -2.37. The first kappa shape index (κ1) is 23.0. The van der Waals surface area contributed by atoms with Gasteiger partial charge in [-0.25, -0.2) is 9.97 Å². The van der Waals surface area contributed by atoms with Crippen molar-refractivity contribution in [3.8, 4) is 11.3 Å². The second kappa shape index (κ2) is 10.1. The zero-order chi connectivity index (χ0) is 22.6. The van der Waals surface area contributed by atoms with Crippen molar-refractivity contribution in [2.24, 2.45) is 11.8 Å². The van der Waals surface area contributed by atoms with Crippen molar-refractivity contribution in [1.29, 1.82) is 0 Å². The van der Waals surface area contributed by atoms with Gasteiger partial charge in [-0.1, -0.05) is 17.7 Å². The number of aromatic nitrogens is 2. The molecule has 0 radical (unpaired) electrons. The summed E-state index contributed by atoms with van der Waals surface area (Å²) in [5, 5.41) is 10.2. The van der Waals surface area contributed by atoms with E-state index in [1.54, 1.807) is 12.3 Å². The predicted octanol–water partition coefficient (Wildman–Crippen LogP) is 4.35. The fraction of sp³-hybridized carbons (Fsp3) is 0.542. The van der Waals surface area contributed by atoms with Crippen LogP contribution < -0.4 is 16.0 Å². The van der Waals surface area contributed by atoms with E-state index in [1.807, 2.05) is 18.2 Å². The molecule has 0 aromatic carbocycles. The third kappa shape index (κ3) is 5.97. The van der Waals surface area contributed by atoms with Crippen LogP contribution in [0.25, 0.3) is 11.3 Å². The van der Waals surface area contributed by atoms with Gasteiger partial charge >= 0.3 is 0 Å². The molecule has 0 aliphatic carbocycles. The molecule has 0 spiro atoms. The highest BCUT2D eigenvalue weighted by atomic mass is 35.5. The number of rotatable bonds is 6. The van der Waals surface area contributed by atoms with E-state index in [1.165, 1.54) is 0 Å². The van der Waals surface area contributed by atoms with E-state index in [0.29, 0.717) is 23.3 Å². The molecule has 2 aromatic heterocycles. The zero-order valence-corrected chi connectivity index (χ0v) is 19.5. The molecule has 2 fully saturated rings. The van der Waals surface area contributed by atoms with Crippen LogP contribution in [0.5, 0.6) is 0 Å². The predicted molar refractivity (Wildman–Crippen MR) is 128 cm³/mol. The molecule has 32 heavy (non-hydrogen) atoms. The summed E-state index contributed by atoms with van der Waals surface area (Å²) >= 11 is 6.44. The molecule has 8 heteroatoms. The summed E-state index contributed by atoms with van der Waals surface area (Å²) in [6.45, 7) is 7.60. The Morgan fingerprint density at radius 1 is 1.31 bits per heavy atom. The van der Waals surface area contributed by atoms with Gasteiger partial charge in [0.1, 0.15) is 11.6 Å². The second-order valence-corrected chi connectivity index (χ2v) is 9.75.